The summed E-state index contributed by atoms with van der Waals surface area (Å²) < 4.78 is 16.5. The number of fused-ring (bicyclic) bond motifs is 1. The summed E-state index contributed by atoms with van der Waals surface area (Å²) in [6.45, 7) is 0.256. The normalized spacial score (nSPS) is 11.0. The third-order valence-corrected chi connectivity index (χ3v) is 8.12. The molecular weight excluding hydrogens is 535 g/mol. The summed E-state index contributed by atoms with van der Waals surface area (Å²) in [5.74, 6) is -1.52. The van der Waals surface area contributed by atoms with Gasteiger partial charge in [0.15, 0.2) is 0 Å². The van der Waals surface area contributed by atoms with Crippen LogP contribution in [0, 0.1) is 5.82 Å². The summed E-state index contributed by atoms with van der Waals surface area (Å²) in [5, 5.41) is 3.84. The molecule has 0 spiro atoms. The number of primary amides is 1. The molecule has 8 heteroatoms. The van der Waals surface area contributed by atoms with Crippen LogP contribution >= 0.6 is 11.3 Å². The summed E-state index contributed by atoms with van der Waals surface area (Å²) >= 11 is 1.22. The maximum absolute atomic E-state index is 16.5. The van der Waals surface area contributed by atoms with Crippen molar-refractivity contribution in [2.24, 2.45) is 5.73 Å². The Morgan fingerprint density at radius 2 is 1.59 bits per heavy atom. The monoisotopic (exact) mass is 560 g/mol. The zero-order chi connectivity index (χ0) is 28.3. The van der Waals surface area contributed by atoms with E-state index >= 15 is 4.39 Å². The zero-order valence-electron chi connectivity index (χ0n) is 21.9. The van der Waals surface area contributed by atoms with E-state index in [4.69, 9.17) is 5.73 Å². The summed E-state index contributed by atoms with van der Waals surface area (Å²) in [6.07, 6.45) is 3.26. The van der Waals surface area contributed by atoms with Crippen LogP contribution in [0.5, 0.6) is 0 Å². The Morgan fingerprint density at radius 1 is 0.878 bits per heavy atom. The van der Waals surface area contributed by atoms with Gasteiger partial charge in [-0.15, -0.1) is 11.3 Å². The Balaban J connectivity index is 1.37. The van der Waals surface area contributed by atoms with Crippen LogP contribution in [0.2, 0.25) is 0 Å². The van der Waals surface area contributed by atoms with Gasteiger partial charge in [0.05, 0.1) is 13.0 Å². The van der Waals surface area contributed by atoms with Crippen molar-refractivity contribution in [3.63, 3.8) is 0 Å². The predicted octanol–water partition coefficient (Wildman–Crippen LogP) is 6.72. The minimum Gasteiger partial charge on any atom is -0.365 e. The van der Waals surface area contributed by atoms with E-state index in [1.165, 1.54) is 11.3 Å². The maximum atomic E-state index is 16.5. The number of hydrogen-bond donors (Lipinski definition) is 3. The van der Waals surface area contributed by atoms with Crippen molar-refractivity contribution in [3.05, 3.63) is 125 Å². The average Bonchev–Trinajstić information content (AvgIpc) is 3.63. The van der Waals surface area contributed by atoms with E-state index in [9.17, 15) is 9.59 Å². The number of nitrogens with one attached hydrogen (secondary N) is 2. The van der Waals surface area contributed by atoms with Crippen molar-refractivity contribution < 1.29 is 14.0 Å². The van der Waals surface area contributed by atoms with Crippen molar-refractivity contribution in [2.75, 3.05) is 0 Å². The highest BCUT2D eigenvalue weighted by molar-refractivity contribution is 7.18. The lowest BCUT2D eigenvalue weighted by Crippen LogP contribution is -2.25. The van der Waals surface area contributed by atoms with Gasteiger partial charge in [-0.05, 0) is 34.9 Å². The van der Waals surface area contributed by atoms with Crippen LogP contribution in [0.4, 0.5) is 4.39 Å². The van der Waals surface area contributed by atoms with E-state index in [2.05, 4.69) is 15.3 Å². The average molecular weight is 561 g/mol. The quantitative estimate of drug-likeness (QED) is 0.193. The minimum absolute atomic E-state index is 0.187. The second kappa shape index (κ2) is 11.2. The lowest BCUT2D eigenvalue weighted by Gasteiger charge is -2.15. The van der Waals surface area contributed by atoms with Gasteiger partial charge >= 0.3 is 0 Å². The standard InChI is InChI=1S/C33H25FN4O2S/c34-31-25(27-16-29(41-32(27)33(35)40)21-9-5-2-6-10-21)12-11-24(20-7-3-1-4-8-20)26(31)17-30(39)37-19-23-15-22-18-36-14-13-28(22)38-23/h1-16,18,38H,17,19H2,(H2,35,40)(H,37,39). The number of nitrogens with two attached hydrogens (primary N) is 1. The number of nitrogens with zero attached hydrogens (tertiary/aromatic N) is 1. The SMILES string of the molecule is NC(=O)c1sc(-c2ccccc2)cc1-c1ccc(-c2ccccc2)c(CC(=O)NCc2cc3cnccc3[nH]2)c1F. The Labute approximate surface area is 239 Å². The second-order valence-electron chi connectivity index (χ2n) is 9.61. The lowest BCUT2D eigenvalue weighted by molar-refractivity contribution is -0.120. The molecule has 0 aliphatic heterocycles. The molecule has 2 amide bonds. The number of aromatic amines is 1. The molecule has 3 aromatic heterocycles. The summed E-state index contributed by atoms with van der Waals surface area (Å²) in [6, 6.07) is 27.9. The number of hydrogen-bond acceptors (Lipinski definition) is 4. The molecule has 6 rings (SSSR count). The number of carbonyl (C=O) groups is 2. The van der Waals surface area contributed by atoms with Crippen molar-refractivity contribution in [1.82, 2.24) is 15.3 Å². The second-order valence-corrected chi connectivity index (χ2v) is 10.7. The van der Waals surface area contributed by atoms with Gasteiger partial charge in [0.2, 0.25) is 5.91 Å². The first-order valence-corrected chi connectivity index (χ1v) is 13.8. The Kier molecular flexibility index (Phi) is 7.14. The van der Waals surface area contributed by atoms with Gasteiger partial charge in [-0.3, -0.25) is 14.6 Å². The molecule has 202 valence electrons. The molecule has 3 aromatic carbocycles. The van der Waals surface area contributed by atoms with Crippen LogP contribution in [0.1, 0.15) is 20.9 Å². The molecule has 41 heavy (non-hydrogen) atoms. The molecule has 0 aliphatic carbocycles. The highest BCUT2D eigenvalue weighted by atomic mass is 32.1. The van der Waals surface area contributed by atoms with Gasteiger partial charge in [-0.2, -0.15) is 0 Å². The van der Waals surface area contributed by atoms with Gasteiger partial charge < -0.3 is 16.0 Å². The molecule has 0 atom stereocenters. The first-order chi connectivity index (χ1) is 20.0. The summed E-state index contributed by atoms with van der Waals surface area (Å²) in [7, 11) is 0. The van der Waals surface area contributed by atoms with Crippen LogP contribution in [-0.4, -0.2) is 21.8 Å². The van der Waals surface area contributed by atoms with Crippen LogP contribution in [-0.2, 0) is 17.8 Å². The summed E-state index contributed by atoms with van der Waals surface area (Å²) in [5.41, 5.74) is 10.6. The number of benzene rings is 3. The van der Waals surface area contributed by atoms with Crippen molar-refractivity contribution in [1.29, 1.82) is 0 Å². The topological polar surface area (TPSA) is 101 Å². The number of amides is 2. The van der Waals surface area contributed by atoms with Crippen LogP contribution in [0.25, 0.3) is 43.6 Å². The third kappa shape index (κ3) is 5.37. The highest BCUT2D eigenvalue weighted by Gasteiger charge is 2.23. The van der Waals surface area contributed by atoms with Gasteiger partial charge in [-0.1, -0.05) is 72.8 Å². The fourth-order valence-corrected chi connectivity index (χ4v) is 5.98. The number of thiophene rings is 1. The molecule has 0 saturated heterocycles. The highest BCUT2D eigenvalue weighted by Crippen LogP contribution is 2.40. The fourth-order valence-electron chi connectivity index (χ4n) is 4.95. The van der Waals surface area contributed by atoms with E-state index in [-0.39, 0.29) is 34.9 Å². The molecule has 6 aromatic rings. The number of H-pyrrole nitrogens is 1. The molecule has 0 unspecified atom stereocenters. The molecular formula is C33H25FN4O2S. The van der Waals surface area contributed by atoms with E-state index in [0.29, 0.717) is 11.1 Å². The van der Waals surface area contributed by atoms with Crippen LogP contribution < -0.4 is 11.1 Å². The van der Waals surface area contributed by atoms with Gasteiger partial charge in [0, 0.05) is 50.6 Å². The third-order valence-electron chi connectivity index (χ3n) is 6.92. The summed E-state index contributed by atoms with van der Waals surface area (Å²) in [4.78, 5) is 34.0. The zero-order valence-corrected chi connectivity index (χ0v) is 22.7. The lowest BCUT2D eigenvalue weighted by atomic mass is 9.92. The van der Waals surface area contributed by atoms with E-state index < -0.39 is 11.7 Å². The number of pyridine rings is 1. The largest absolute Gasteiger partial charge is 0.365 e. The van der Waals surface area contributed by atoms with E-state index in [1.807, 2.05) is 72.8 Å². The molecule has 0 saturated carbocycles. The number of carbonyl (C=O) groups excluding carboxylic acids is 2. The van der Waals surface area contributed by atoms with Crippen molar-refractivity contribution >= 4 is 34.1 Å². The molecule has 4 N–H and O–H groups in total. The molecule has 6 nitrogen and oxygen atoms in total. The number of halogens is 1. The van der Waals surface area contributed by atoms with E-state index in [1.54, 1.807) is 30.6 Å². The Morgan fingerprint density at radius 3 is 2.29 bits per heavy atom. The van der Waals surface area contributed by atoms with E-state index in [0.717, 1.165) is 32.6 Å². The Hall–Kier alpha value is -5.08. The smallest absolute Gasteiger partial charge is 0.259 e. The van der Waals surface area contributed by atoms with Gasteiger partial charge in [-0.25, -0.2) is 4.39 Å². The van der Waals surface area contributed by atoms with Crippen LogP contribution in [0.15, 0.2) is 103 Å². The predicted molar refractivity (Wildman–Crippen MR) is 161 cm³/mol. The molecule has 0 bridgehead atoms. The van der Waals surface area contributed by atoms with Gasteiger partial charge in [0.1, 0.15) is 10.7 Å². The fraction of sp³-hybridized carbons (Fsp3) is 0.0606. The first-order valence-electron chi connectivity index (χ1n) is 13.0. The van der Waals surface area contributed by atoms with Crippen LogP contribution in [0.3, 0.4) is 0 Å². The van der Waals surface area contributed by atoms with Gasteiger partial charge in [0.25, 0.3) is 5.91 Å². The maximum Gasteiger partial charge on any atom is 0.259 e. The van der Waals surface area contributed by atoms with Crippen molar-refractivity contribution in [2.45, 2.75) is 13.0 Å². The number of rotatable bonds is 8. The molecule has 3 heterocycles. The van der Waals surface area contributed by atoms with Crippen molar-refractivity contribution in [3.8, 4) is 32.7 Å². The number of aromatic nitrogens is 2. The first kappa shape index (κ1) is 26.2. The minimum atomic E-state index is -0.633. The Bertz CT molecular complexity index is 1850. The molecule has 0 aliphatic rings. The molecule has 0 radical (unpaired) electrons. The molecule has 0 fully saturated rings.